The second-order valence-corrected chi connectivity index (χ2v) is 7.25. The molecule has 0 spiro atoms. The fourth-order valence-corrected chi connectivity index (χ4v) is 3.50. The van der Waals surface area contributed by atoms with E-state index in [1.165, 1.54) is 17.0 Å². The van der Waals surface area contributed by atoms with Gasteiger partial charge in [0.2, 0.25) is 11.8 Å². The number of benzene rings is 1. The maximum atomic E-state index is 13.0. The molecule has 0 aliphatic carbocycles. The van der Waals surface area contributed by atoms with Gasteiger partial charge in [0.05, 0.1) is 19.6 Å². The summed E-state index contributed by atoms with van der Waals surface area (Å²) in [6.07, 6.45) is 1.46. The molecule has 0 aromatic heterocycles. The van der Waals surface area contributed by atoms with Crippen molar-refractivity contribution in [3.63, 3.8) is 0 Å². The zero-order valence-corrected chi connectivity index (χ0v) is 17.2. The van der Waals surface area contributed by atoms with Crippen LogP contribution in [0.15, 0.2) is 24.3 Å². The minimum absolute atomic E-state index is 0.0292. The first kappa shape index (κ1) is 22.1. The van der Waals surface area contributed by atoms with Crippen molar-refractivity contribution in [3.05, 3.63) is 30.1 Å². The highest BCUT2D eigenvalue weighted by Crippen LogP contribution is 2.17. The van der Waals surface area contributed by atoms with Crippen molar-refractivity contribution in [2.75, 3.05) is 57.3 Å². The number of halogens is 1. The maximum Gasteiger partial charge on any atom is 0.223 e. The van der Waals surface area contributed by atoms with Crippen molar-refractivity contribution in [2.24, 2.45) is 0 Å². The van der Waals surface area contributed by atoms with E-state index in [4.69, 9.17) is 0 Å². The van der Waals surface area contributed by atoms with E-state index in [2.05, 4.69) is 24.1 Å². The molecule has 156 valence electrons. The standard InChI is InChI=1S/C21H33FN4O2/c1-3-24(4-2)13-5-12-23-20(27)10-11-21(28)26-16-14-25(15-17-26)19-8-6-18(22)7-9-19/h6-9H,3-5,10-17H2,1-2H3,(H,23,27)/p+1. The van der Waals surface area contributed by atoms with E-state index in [1.54, 1.807) is 12.1 Å². The molecular weight excluding hydrogens is 359 g/mol. The predicted octanol–water partition coefficient (Wildman–Crippen LogP) is 0.686. The first-order valence-corrected chi connectivity index (χ1v) is 10.4. The summed E-state index contributed by atoms with van der Waals surface area (Å²) >= 11 is 0. The van der Waals surface area contributed by atoms with Crippen LogP contribution in [-0.2, 0) is 9.59 Å². The minimum atomic E-state index is -0.245. The molecule has 1 aliphatic rings. The van der Waals surface area contributed by atoms with E-state index in [1.807, 2.05) is 4.90 Å². The molecule has 0 bridgehead atoms. The molecule has 7 heteroatoms. The minimum Gasteiger partial charge on any atom is -0.368 e. The first-order chi connectivity index (χ1) is 13.5. The van der Waals surface area contributed by atoms with Gasteiger partial charge in [0.1, 0.15) is 5.82 Å². The van der Waals surface area contributed by atoms with E-state index in [9.17, 15) is 14.0 Å². The van der Waals surface area contributed by atoms with Gasteiger partial charge in [-0.2, -0.15) is 0 Å². The van der Waals surface area contributed by atoms with Crippen LogP contribution in [0.2, 0.25) is 0 Å². The Labute approximate surface area is 167 Å². The van der Waals surface area contributed by atoms with Gasteiger partial charge >= 0.3 is 0 Å². The molecule has 2 amide bonds. The average Bonchev–Trinajstić information content (AvgIpc) is 2.73. The van der Waals surface area contributed by atoms with E-state index < -0.39 is 0 Å². The number of hydrogen-bond donors (Lipinski definition) is 2. The summed E-state index contributed by atoms with van der Waals surface area (Å²) in [7, 11) is 0. The lowest BCUT2D eigenvalue weighted by atomic mass is 10.2. The molecule has 1 fully saturated rings. The van der Waals surface area contributed by atoms with E-state index in [-0.39, 0.29) is 30.5 Å². The van der Waals surface area contributed by atoms with Gasteiger partial charge in [0, 0.05) is 57.7 Å². The van der Waals surface area contributed by atoms with Crippen molar-refractivity contribution in [2.45, 2.75) is 33.1 Å². The Morgan fingerprint density at radius 3 is 2.29 bits per heavy atom. The van der Waals surface area contributed by atoms with E-state index in [0.717, 1.165) is 44.8 Å². The van der Waals surface area contributed by atoms with Crippen molar-refractivity contribution >= 4 is 17.5 Å². The monoisotopic (exact) mass is 393 g/mol. The number of hydrogen-bond acceptors (Lipinski definition) is 3. The number of quaternary nitrogens is 1. The molecule has 0 saturated carbocycles. The molecule has 0 unspecified atom stereocenters. The number of rotatable bonds is 10. The number of carbonyl (C=O) groups excluding carboxylic acids is 2. The molecule has 0 atom stereocenters. The molecule has 2 rings (SSSR count). The molecular formula is C21H34FN4O2+. The predicted molar refractivity (Wildman–Crippen MR) is 109 cm³/mol. The normalized spacial score (nSPS) is 14.4. The topological polar surface area (TPSA) is 57.1 Å². The summed E-state index contributed by atoms with van der Waals surface area (Å²) in [6, 6.07) is 6.43. The summed E-state index contributed by atoms with van der Waals surface area (Å²) in [6.45, 7) is 11.0. The van der Waals surface area contributed by atoms with Gasteiger partial charge in [-0.1, -0.05) is 0 Å². The number of amides is 2. The SMILES string of the molecule is CC[NH+](CC)CCCNC(=O)CCC(=O)N1CCN(c2ccc(F)cc2)CC1. The van der Waals surface area contributed by atoms with Crippen molar-refractivity contribution in [1.82, 2.24) is 10.2 Å². The van der Waals surface area contributed by atoms with Gasteiger partial charge in [0.25, 0.3) is 0 Å². The summed E-state index contributed by atoms with van der Waals surface area (Å²) < 4.78 is 13.0. The second-order valence-electron chi connectivity index (χ2n) is 7.25. The van der Waals surface area contributed by atoms with Crippen LogP contribution in [0.4, 0.5) is 10.1 Å². The Bertz CT molecular complexity index is 611. The number of nitrogens with zero attached hydrogens (tertiary/aromatic N) is 2. The highest BCUT2D eigenvalue weighted by atomic mass is 19.1. The molecule has 0 radical (unpaired) electrons. The van der Waals surface area contributed by atoms with Crippen LogP contribution in [0.1, 0.15) is 33.1 Å². The van der Waals surface area contributed by atoms with E-state index >= 15 is 0 Å². The van der Waals surface area contributed by atoms with Crippen LogP contribution in [0.25, 0.3) is 0 Å². The lowest BCUT2D eigenvalue weighted by Crippen LogP contribution is -3.11. The molecule has 28 heavy (non-hydrogen) atoms. The highest BCUT2D eigenvalue weighted by Gasteiger charge is 2.21. The van der Waals surface area contributed by atoms with Gasteiger partial charge in [0.15, 0.2) is 0 Å². The van der Waals surface area contributed by atoms with Gasteiger partial charge < -0.3 is 20.0 Å². The largest absolute Gasteiger partial charge is 0.368 e. The van der Waals surface area contributed by atoms with Crippen LogP contribution >= 0.6 is 0 Å². The Hall–Kier alpha value is -2.15. The summed E-state index contributed by atoms with van der Waals surface area (Å²) in [5, 5.41) is 2.92. The Balaban J connectivity index is 1.62. The molecule has 1 aliphatic heterocycles. The third-order valence-electron chi connectivity index (χ3n) is 5.42. The summed E-state index contributed by atoms with van der Waals surface area (Å²) in [4.78, 5) is 29.8. The van der Waals surface area contributed by atoms with Crippen molar-refractivity contribution < 1.29 is 18.9 Å². The zero-order chi connectivity index (χ0) is 20.4. The maximum absolute atomic E-state index is 13.0. The van der Waals surface area contributed by atoms with Gasteiger partial charge in [-0.25, -0.2) is 4.39 Å². The smallest absolute Gasteiger partial charge is 0.223 e. The zero-order valence-electron chi connectivity index (χ0n) is 17.2. The lowest BCUT2D eigenvalue weighted by Gasteiger charge is -2.36. The quantitative estimate of drug-likeness (QED) is 0.575. The third kappa shape index (κ3) is 7.11. The van der Waals surface area contributed by atoms with Crippen LogP contribution in [0, 0.1) is 5.82 Å². The number of carbonyl (C=O) groups is 2. The van der Waals surface area contributed by atoms with Gasteiger partial charge in [-0.05, 0) is 38.1 Å². The number of piperazine rings is 1. The molecule has 2 N–H and O–H groups in total. The molecule has 1 aromatic rings. The number of nitrogens with one attached hydrogen (secondary N) is 2. The van der Waals surface area contributed by atoms with Crippen LogP contribution in [0.5, 0.6) is 0 Å². The molecule has 1 heterocycles. The lowest BCUT2D eigenvalue weighted by molar-refractivity contribution is -0.896. The number of anilines is 1. The Morgan fingerprint density at radius 2 is 1.68 bits per heavy atom. The van der Waals surface area contributed by atoms with Crippen molar-refractivity contribution in [3.8, 4) is 0 Å². The average molecular weight is 394 g/mol. The molecule has 1 aromatic carbocycles. The van der Waals surface area contributed by atoms with Crippen LogP contribution in [0.3, 0.4) is 0 Å². The Kier molecular flexibility index (Phi) is 9.20. The van der Waals surface area contributed by atoms with Crippen molar-refractivity contribution in [1.29, 1.82) is 0 Å². The first-order valence-electron chi connectivity index (χ1n) is 10.4. The summed E-state index contributed by atoms with van der Waals surface area (Å²) in [5.41, 5.74) is 0.972. The highest BCUT2D eigenvalue weighted by molar-refractivity contribution is 5.83. The van der Waals surface area contributed by atoms with E-state index in [0.29, 0.717) is 19.6 Å². The molecule has 1 saturated heterocycles. The fraction of sp³-hybridized carbons (Fsp3) is 0.619. The van der Waals surface area contributed by atoms with Gasteiger partial charge in [-0.3, -0.25) is 9.59 Å². The summed E-state index contributed by atoms with van der Waals surface area (Å²) in [5.74, 6) is -0.264. The van der Waals surface area contributed by atoms with Crippen LogP contribution < -0.4 is 15.1 Å². The Morgan fingerprint density at radius 1 is 1.04 bits per heavy atom. The fourth-order valence-electron chi connectivity index (χ4n) is 3.50. The molecule has 6 nitrogen and oxygen atoms in total. The third-order valence-corrected chi connectivity index (χ3v) is 5.42. The van der Waals surface area contributed by atoms with Gasteiger partial charge in [-0.15, -0.1) is 0 Å². The second kappa shape index (κ2) is 11.6. The van der Waals surface area contributed by atoms with Crippen LogP contribution in [-0.4, -0.2) is 69.1 Å².